The topological polar surface area (TPSA) is 55.8 Å². The lowest BCUT2D eigenvalue weighted by molar-refractivity contribution is 0.270. The summed E-state index contributed by atoms with van der Waals surface area (Å²) in [5, 5.41) is 6.81. The van der Waals surface area contributed by atoms with E-state index in [0.717, 1.165) is 56.6 Å². The molecule has 0 saturated carbocycles. The van der Waals surface area contributed by atoms with Crippen molar-refractivity contribution in [2.75, 3.05) is 44.2 Å². The zero-order valence-electron chi connectivity index (χ0n) is 18.3. The SMILES string of the molecule is CCNC(=NCc1ccc(N2CCN(CC)CC2)nc1)NC(C)c1ccccc1.I. The lowest BCUT2D eigenvalue weighted by Gasteiger charge is -2.34. The molecule has 0 radical (unpaired) electrons. The maximum absolute atomic E-state index is 4.75. The van der Waals surface area contributed by atoms with Gasteiger partial charge in [-0.25, -0.2) is 9.98 Å². The van der Waals surface area contributed by atoms with Crippen LogP contribution >= 0.6 is 24.0 Å². The van der Waals surface area contributed by atoms with Crippen LogP contribution in [0.4, 0.5) is 5.82 Å². The van der Waals surface area contributed by atoms with Gasteiger partial charge in [0, 0.05) is 38.9 Å². The second-order valence-corrected chi connectivity index (χ2v) is 7.42. The van der Waals surface area contributed by atoms with Crippen LogP contribution in [0.3, 0.4) is 0 Å². The number of benzene rings is 1. The number of aliphatic imine (C=N–C) groups is 1. The van der Waals surface area contributed by atoms with Crippen molar-refractivity contribution in [3.05, 3.63) is 59.8 Å². The van der Waals surface area contributed by atoms with Gasteiger partial charge in [-0.2, -0.15) is 0 Å². The van der Waals surface area contributed by atoms with Crippen molar-refractivity contribution in [1.29, 1.82) is 0 Å². The molecule has 0 bridgehead atoms. The third kappa shape index (κ3) is 7.12. The van der Waals surface area contributed by atoms with Crippen molar-refractivity contribution in [3.63, 3.8) is 0 Å². The van der Waals surface area contributed by atoms with E-state index in [2.05, 4.69) is 82.6 Å². The van der Waals surface area contributed by atoms with Crippen LogP contribution in [0.1, 0.15) is 37.9 Å². The van der Waals surface area contributed by atoms with Gasteiger partial charge in [0.1, 0.15) is 5.82 Å². The first-order valence-electron chi connectivity index (χ1n) is 10.7. The molecule has 1 saturated heterocycles. The van der Waals surface area contributed by atoms with Gasteiger partial charge in [-0.05, 0) is 37.6 Å². The Bertz CT molecular complexity index is 757. The summed E-state index contributed by atoms with van der Waals surface area (Å²) in [4.78, 5) is 14.3. The number of guanidine groups is 1. The van der Waals surface area contributed by atoms with Gasteiger partial charge >= 0.3 is 0 Å². The van der Waals surface area contributed by atoms with Gasteiger partial charge in [-0.1, -0.05) is 43.3 Å². The highest BCUT2D eigenvalue weighted by atomic mass is 127. The van der Waals surface area contributed by atoms with E-state index in [1.54, 1.807) is 0 Å². The van der Waals surface area contributed by atoms with Gasteiger partial charge in [-0.3, -0.25) is 0 Å². The van der Waals surface area contributed by atoms with Gasteiger partial charge < -0.3 is 20.4 Å². The van der Waals surface area contributed by atoms with E-state index in [-0.39, 0.29) is 30.0 Å². The molecule has 7 heteroatoms. The summed E-state index contributed by atoms with van der Waals surface area (Å²) in [6.07, 6.45) is 1.95. The Labute approximate surface area is 198 Å². The molecule has 2 heterocycles. The first kappa shape index (κ1) is 24.4. The summed E-state index contributed by atoms with van der Waals surface area (Å²) in [5.41, 5.74) is 2.36. The molecule has 2 N–H and O–H groups in total. The Hall–Kier alpha value is -1.87. The van der Waals surface area contributed by atoms with Crippen LogP contribution < -0.4 is 15.5 Å². The minimum Gasteiger partial charge on any atom is -0.357 e. The smallest absolute Gasteiger partial charge is 0.192 e. The zero-order chi connectivity index (χ0) is 20.5. The molecule has 1 aliphatic rings. The molecule has 1 aliphatic heterocycles. The molecular weight excluding hydrogens is 487 g/mol. The van der Waals surface area contributed by atoms with Crippen molar-refractivity contribution >= 4 is 35.8 Å². The Morgan fingerprint density at radius 2 is 1.80 bits per heavy atom. The summed E-state index contributed by atoms with van der Waals surface area (Å²) in [6, 6.07) is 14.9. The summed E-state index contributed by atoms with van der Waals surface area (Å²) in [6.45, 7) is 13.3. The van der Waals surface area contributed by atoms with E-state index in [4.69, 9.17) is 4.99 Å². The molecule has 30 heavy (non-hydrogen) atoms. The molecule has 1 aromatic carbocycles. The maximum Gasteiger partial charge on any atom is 0.192 e. The summed E-state index contributed by atoms with van der Waals surface area (Å²) < 4.78 is 0. The molecule has 164 valence electrons. The average molecular weight is 522 g/mol. The van der Waals surface area contributed by atoms with Crippen LogP contribution in [0, 0.1) is 0 Å². The number of rotatable bonds is 7. The number of aromatic nitrogens is 1. The van der Waals surface area contributed by atoms with Crippen molar-refractivity contribution in [1.82, 2.24) is 20.5 Å². The normalized spacial score (nSPS) is 16.0. The standard InChI is InChI=1S/C23H34N6.HI/c1-4-24-23(27-19(3)21-9-7-6-8-10-21)26-18-20-11-12-22(25-17-20)29-15-13-28(5-2)14-16-29;/h6-12,17,19H,4-5,13-16,18H2,1-3H3,(H2,24,26,27);1H. The van der Waals surface area contributed by atoms with Gasteiger partial charge in [0.05, 0.1) is 12.6 Å². The molecule has 1 atom stereocenters. The number of halogens is 1. The van der Waals surface area contributed by atoms with Crippen molar-refractivity contribution in [2.45, 2.75) is 33.4 Å². The minimum absolute atomic E-state index is 0. The first-order valence-corrected chi connectivity index (χ1v) is 10.7. The lowest BCUT2D eigenvalue weighted by atomic mass is 10.1. The summed E-state index contributed by atoms with van der Waals surface area (Å²) in [7, 11) is 0. The number of piperazine rings is 1. The fourth-order valence-electron chi connectivity index (χ4n) is 3.51. The number of pyridine rings is 1. The molecule has 3 rings (SSSR count). The van der Waals surface area contributed by atoms with Crippen LogP contribution in [0.15, 0.2) is 53.7 Å². The quantitative estimate of drug-likeness (QED) is 0.331. The predicted octanol–water partition coefficient (Wildman–Crippen LogP) is 3.66. The molecule has 0 aliphatic carbocycles. The molecule has 1 aromatic heterocycles. The van der Waals surface area contributed by atoms with Gasteiger partial charge in [0.2, 0.25) is 0 Å². The first-order chi connectivity index (χ1) is 14.2. The fourth-order valence-corrected chi connectivity index (χ4v) is 3.51. The summed E-state index contributed by atoms with van der Waals surface area (Å²) in [5.74, 6) is 1.89. The Morgan fingerprint density at radius 1 is 1.07 bits per heavy atom. The second kappa shape index (κ2) is 12.7. The number of likely N-dealkylation sites (N-methyl/N-ethyl adjacent to an activating group) is 1. The maximum atomic E-state index is 4.75. The number of anilines is 1. The van der Waals surface area contributed by atoms with Crippen LogP contribution in [0.25, 0.3) is 0 Å². The summed E-state index contributed by atoms with van der Waals surface area (Å²) >= 11 is 0. The van der Waals surface area contributed by atoms with Crippen molar-refractivity contribution < 1.29 is 0 Å². The van der Waals surface area contributed by atoms with E-state index in [9.17, 15) is 0 Å². The van der Waals surface area contributed by atoms with Crippen LogP contribution in [-0.4, -0.2) is 55.1 Å². The van der Waals surface area contributed by atoms with E-state index < -0.39 is 0 Å². The third-order valence-corrected chi connectivity index (χ3v) is 5.37. The highest BCUT2D eigenvalue weighted by Crippen LogP contribution is 2.15. The van der Waals surface area contributed by atoms with Gasteiger partial charge in [0.15, 0.2) is 5.96 Å². The number of nitrogens with one attached hydrogen (secondary N) is 2. The third-order valence-electron chi connectivity index (χ3n) is 5.37. The predicted molar refractivity (Wildman–Crippen MR) is 137 cm³/mol. The number of hydrogen-bond donors (Lipinski definition) is 2. The van der Waals surface area contributed by atoms with E-state index in [0.29, 0.717) is 6.54 Å². The second-order valence-electron chi connectivity index (χ2n) is 7.42. The Kier molecular flexibility index (Phi) is 10.4. The van der Waals surface area contributed by atoms with Crippen molar-refractivity contribution in [3.8, 4) is 0 Å². The number of nitrogens with zero attached hydrogens (tertiary/aromatic N) is 4. The monoisotopic (exact) mass is 522 g/mol. The molecule has 1 fully saturated rings. The lowest BCUT2D eigenvalue weighted by Crippen LogP contribution is -2.46. The Morgan fingerprint density at radius 3 is 2.40 bits per heavy atom. The van der Waals surface area contributed by atoms with Crippen LogP contribution in [0.5, 0.6) is 0 Å². The van der Waals surface area contributed by atoms with Crippen LogP contribution in [-0.2, 0) is 6.54 Å². The number of hydrogen-bond acceptors (Lipinski definition) is 4. The van der Waals surface area contributed by atoms with Crippen molar-refractivity contribution in [2.24, 2.45) is 4.99 Å². The fraction of sp³-hybridized carbons (Fsp3) is 0.478. The zero-order valence-corrected chi connectivity index (χ0v) is 20.7. The van der Waals surface area contributed by atoms with E-state index in [1.807, 2.05) is 12.3 Å². The molecule has 1 unspecified atom stereocenters. The highest BCUT2D eigenvalue weighted by molar-refractivity contribution is 14.0. The minimum atomic E-state index is 0. The molecular formula is C23H35IN6. The van der Waals surface area contributed by atoms with E-state index in [1.165, 1.54) is 5.56 Å². The van der Waals surface area contributed by atoms with Gasteiger partial charge in [0.25, 0.3) is 0 Å². The molecule has 6 nitrogen and oxygen atoms in total. The average Bonchev–Trinajstić information content (AvgIpc) is 2.78. The molecule has 0 amide bonds. The van der Waals surface area contributed by atoms with E-state index >= 15 is 0 Å². The van der Waals surface area contributed by atoms with Gasteiger partial charge in [-0.15, -0.1) is 24.0 Å². The molecule has 0 spiro atoms. The largest absolute Gasteiger partial charge is 0.357 e. The molecule has 2 aromatic rings. The van der Waals surface area contributed by atoms with Crippen LogP contribution in [0.2, 0.25) is 0 Å². The highest BCUT2D eigenvalue weighted by Gasteiger charge is 2.16. The Balaban J connectivity index is 0.00000320.